The maximum atomic E-state index is 13.0. The Kier molecular flexibility index (Phi) is 5.83. The molecule has 0 saturated heterocycles. The van der Waals surface area contributed by atoms with Crippen LogP contribution in [0.3, 0.4) is 0 Å². The summed E-state index contributed by atoms with van der Waals surface area (Å²) in [6.07, 6.45) is 2.72. The summed E-state index contributed by atoms with van der Waals surface area (Å²) in [6, 6.07) is 38.8. The van der Waals surface area contributed by atoms with Gasteiger partial charge in [-0.2, -0.15) is 14.6 Å². The quantitative estimate of drug-likeness (QED) is 0.289. The van der Waals surface area contributed by atoms with Crippen LogP contribution in [-0.2, 0) is 0 Å². The van der Waals surface area contributed by atoms with Crippen molar-refractivity contribution in [1.29, 1.82) is 0 Å². The number of benzene rings is 4. The Balaban J connectivity index is 1.20. The van der Waals surface area contributed by atoms with E-state index in [2.05, 4.69) is 63.6 Å². The van der Waals surface area contributed by atoms with E-state index < -0.39 is 0 Å². The molecule has 0 bridgehead atoms. The van der Waals surface area contributed by atoms with E-state index in [4.69, 9.17) is 5.10 Å². The van der Waals surface area contributed by atoms with E-state index in [1.165, 1.54) is 21.4 Å². The molecular weight excluding hydrogens is 502 g/mol. The third-order valence-electron chi connectivity index (χ3n) is 6.87. The van der Waals surface area contributed by atoms with Gasteiger partial charge in [-0.1, -0.05) is 114 Å². The highest BCUT2D eigenvalue weighted by Gasteiger charge is 2.29. The van der Waals surface area contributed by atoms with Gasteiger partial charge >= 0.3 is 0 Å². The van der Waals surface area contributed by atoms with E-state index in [1.807, 2.05) is 72.8 Å². The first kappa shape index (κ1) is 23.3. The number of nitrogens with zero attached hydrogens (tertiary/aromatic N) is 5. The lowest BCUT2D eigenvalue weighted by atomic mass is 9.98. The fraction of sp³-hybridized carbons (Fsp3) is 0.0625. The Morgan fingerprint density at radius 3 is 2.08 bits per heavy atom. The molecule has 0 aliphatic carbocycles. The van der Waals surface area contributed by atoms with Crippen LogP contribution in [-0.4, -0.2) is 20.3 Å². The summed E-state index contributed by atoms with van der Waals surface area (Å²) < 4.78 is 1.99. The van der Waals surface area contributed by atoms with Crippen molar-refractivity contribution >= 4 is 33.8 Å². The van der Waals surface area contributed by atoms with Crippen LogP contribution in [0.15, 0.2) is 125 Å². The van der Waals surface area contributed by atoms with E-state index in [0.717, 1.165) is 34.5 Å². The molecule has 0 N–H and O–H groups in total. The van der Waals surface area contributed by atoms with E-state index >= 15 is 0 Å². The predicted molar refractivity (Wildman–Crippen MR) is 157 cm³/mol. The average molecular weight is 526 g/mol. The first-order valence-corrected chi connectivity index (χ1v) is 13.6. The van der Waals surface area contributed by atoms with E-state index in [0.29, 0.717) is 15.3 Å². The van der Waals surface area contributed by atoms with E-state index in [1.54, 1.807) is 0 Å². The topological polar surface area (TPSA) is 62.9 Å². The number of rotatable bonds is 5. The molecule has 1 atom stereocenters. The van der Waals surface area contributed by atoms with Crippen LogP contribution in [0.2, 0.25) is 0 Å². The molecule has 4 aromatic carbocycles. The summed E-state index contributed by atoms with van der Waals surface area (Å²) in [5, 5.41) is 11.6. The molecule has 1 aliphatic rings. The lowest BCUT2D eigenvalue weighted by Gasteiger charge is -2.24. The summed E-state index contributed by atoms with van der Waals surface area (Å²) in [5.74, 6) is 0.559. The van der Waals surface area contributed by atoms with Crippen molar-refractivity contribution in [2.75, 3.05) is 5.01 Å². The smallest absolute Gasteiger partial charge is 0.266 e. The maximum Gasteiger partial charge on any atom is 0.291 e. The number of hydrogen-bond acceptors (Lipinski definition) is 6. The number of hydrogen-bond donors (Lipinski definition) is 0. The van der Waals surface area contributed by atoms with Gasteiger partial charge in [0.15, 0.2) is 5.82 Å². The summed E-state index contributed by atoms with van der Waals surface area (Å²) in [6.45, 7) is 0. The molecule has 0 fully saturated rings. The standard InChI is InChI=1S/C32H23N5OS/c38-31-29(39-32-33-30(35-37(31)32)25-14-8-3-9-15-25)20-22-16-18-26(19-17-22)36-28(24-12-6-2-7-13-24)21-27(34-36)23-10-4-1-5-11-23/h1-20,28H,21H2. The third-order valence-corrected chi connectivity index (χ3v) is 7.83. The first-order valence-electron chi connectivity index (χ1n) is 12.8. The fourth-order valence-corrected chi connectivity index (χ4v) is 5.81. The van der Waals surface area contributed by atoms with Crippen LogP contribution in [0, 0.1) is 0 Å². The maximum absolute atomic E-state index is 13.0. The minimum atomic E-state index is -0.158. The van der Waals surface area contributed by atoms with Crippen molar-refractivity contribution in [2.24, 2.45) is 5.10 Å². The number of aromatic nitrogens is 3. The van der Waals surface area contributed by atoms with Crippen molar-refractivity contribution in [3.05, 3.63) is 147 Å². The number of thiazole rings is 1. The summed E-state index contributed by atoms with van der Waals surface area (Å²) >= 11 is 1.35. The van der Waals surface area contributed by atoms with Gasteiger partial charge in [-0.15, -0.1) is 5.10 Å². The minimum Gasteiger partial charge on any atom is -0.266 e. The van der Waals surface area contributed by atoms with Crippen molar-refractivity contribution in [3.8, 4) is 11.4 Å². The van der Waals surface area contributed by atoms with Crippen molar-refractivity contribution in [3.63, 3.8) is 0 Å². The SMILES string of the molecule is O=c1c(=Cc2ccc(N3N=C(c4ccccc4)CC3c3ccccc3)cc2)sc2nc(-c3ccccc3)nn12. The van der Waals surface area contributed by atoms with E-state index in [-0.39, 0.29) is 11.6 Å². The van der Waals surface area contributed by atoms with Crippen molar-refractivity contribution in [1.82, 2.24) is 14.6 Å². The second-order valence-electron chi connectivity index (χ2n) is 9.39. The van der Waals surface area contributed by atoms with Crippen LogP contribution in [0.5, 0.6) is 0 Å². The van der Waals surface area contributed by atoms with Crippen LogP contribution in [0.1, 0.15) is 29.2 Å². The zero-order valence-corrected chi connectivity index (χ0v) is 21.7. The largest absolute Gasteiger partial charge is 0.291 e. The molecule has 6 aromatic rings. The zero-order chi connectivity index (χ0) is 26.2. The fourth-order valence-electron chi connectivity index (χ4n) is 4.91. The molecule has 6 nitrogen and oxygen atoms in total. The average Bonchev–Trinajstić information content (AvgIpc) is 3.70. The van der Waals surface area contributed by atoms with Gasteiger partial charge in [0.1, 0.15) is 0 Å². The normalized spacial score (nSPS) is 15.7. The molecule has 0 spiro atoms. The van der Waals surface area contributed by atoms with Gasteiger partial charge in [0.2, 0.25) is 4.96 Å². The predicted octanol–water partition coefficient (Wildman–Crippen LogP) is 5.72. The van der Waals surface area contributed by atoms with Gasteiger partial charge in [-0.05, 0) is 34.9 Å². The second-order valence-corrected chi connectivity index (χ2v) is 10.4. The zero-order valence-electron chi connectivity index (χ0n) is 20.9. The Morgan fingerprint density at radius 2 is 1.41 bits per heavy atom. The molecule has 7 heteroatoms. The van der Waals surface area contributed by atoms with Crippen molar-refractivity contribution in [2.45, 2.75) is 12.5 Å². The van der Waals surface area contributed by atoms with Gasteiger partial charge in [-0.25, -0.2) is 0 Å². The third kappa shape index (κ3) is 4.43. The summed E-state index contributed by atoms with van der Waals surface area (Å²) in [5.41, 5.74) is 6.11. The Morgan fingerprint density at radius 1 is 0.769 bits per heavy atom. The Labute approximate surface area is 228 Å². The van der Waals surface area contributed by atoms with Crippen LogP contribution >= 0.6 is 11.3 Å². The highest BCUT2D eigenvalue weighted by molar-refractivity contribution is 7.15. The highest BCUT2D eigenvalue weighted by Crippen LogP contribution is 2.36. The van der Waals surface area contributed by atoms with Crippen molar-refractivity contribution < 1.29 is 0 Å². The molecule has 1 unspecified atom stereocenters. The Bertz CT molecular complexity index is 1900. The monoisotopic (exact) mass is 525 g/mol. The number of anilines is 1. The minimum absolute atomic E-state index is 0.111. The van der Waals surface area contributed by atoms with Gasteiger partial charge in [0.05, 0.1) is 22.0 Å². The Hall–Kier alpha value is -4.88. The summed E-state index contributed by atoms with van der Waals surface area (Å²) in [7, 11) is 0. The van der Waals surface area contributed by atoms with Gasteiger partial charge in [0.25, 0.3) is 5.56 Å². The molecule has 7 rings (SSSR count). The molecule has 1 aliphatic heterocycles. The van der Waals surface area contributed by atoms with E-state index in [9.17, 15) is 4.79 Å². The molecule has 2 aromatic heterocycles. The van der Waals surface area contributed by atoms with Crippen LogP contribution in [0.25, 0.3) is 22.4 Å². The first-order chi connectivity index (χ1) is 19.2. The molecule has 3 heterocycles. The molecule has 188 valence electrons. The lowest BCUT2D eigenvalue weighted by Crippen LogP contribution is -2.23. The van der Waals surface area contributed by atoms with Crippen LogP contribution < -0.4 is 15.1 Å². The highest BCUT2D eigenvalue weighted by atomic mass is 32.1. The molecular formula is C32H23N5OS. The lowest BCUT2D eigenvalue weighted by molar-refractivity contribution is 0.709. The molecule has 0 saturated carbocycles. The number of hydrazone groups is 1. The number of fused-ring (bicyclic) bond motifs is 1. The molecule has 0 radical (unpaired) electrons. The molecule has 0 amide bonds. The van der Waals surface area contributed by atoms with Gasteiger partial charge < -0.3 is 0 Å². The summed E-state index contributed by atoms with van der Waals surface area (Å²) in [4.78, 5) is 18.2. The second kappa shape index (κ2) is 9.78. The van der Waals surface area contributed by atoms with Gasteiger partial charge in [0, 0.05) is 12.0 Å². The van der Waals surface area contributed by atoms with Gasteiger partial charge in [-0.3, -0.25) is 9.80 Å². The molecule has 39 heavy (non-hydrogen) atoms. The van der Waals surface area contributed by atoms with Crippen LogP contribution in [0.4, 0.5) is 5.69 Å².